The van der Waals surface area contributed by atoms with Crippen LogP contribution in [0.25, 0.3) is 10.8 Å². The molecule has 1 saturated heterocycles. The number of carbonyl (C=O) groups excluding carboxylic acids is 1. The average molecular weight is 477 g/mol. The van der Waals surface area contributed by atoms with Crippen LogP contribution in [0.2, 0.25) is 0 Å². The molecule has 1 aliphatic carbocycles. The number of ether oxygens (including phenoxy) is 2. The van der Waals surface area contributed by atoms with Gasteiger partial charge >= 0.3 is 5.97 Å². The third-order valence-electron chi connectivity index (χ3n) is 8.15. The molecule has 0 spiro atoms. The first-order valence-electron chi connectivity index (χ1n) is 13.6. The summed E-state index contributed by atoms with van der Waals surface area (Å²) in [5.74, 6) is 1.50. The second-order valence-electron chi connectivity index (χ2n) is 10.2. The highest BCUT2D eigenvalue weighted by Gasteiger charge is 2.30. The van der Waals surface area contributed by atoms with E-state index >= 15 is 0 Å². The minimum Gasteiger partial charge on any atom is -0.489 e. The maximum atomic E-state index is 12.2. The molecule has 2 aromatic carbocycles. The molecule has 0 N–H and O–H groups in total. The van der Waals surface area contributed by atoms with Gasteiger partial charge in [-0.25, -0.2) is 0 Å². The molecule has 1 saturated carbocycles. The van der Waals surface area contributed by atoms with E-state index in [-0.39, 0.29) is 24.0 Å². The van der Waals surface area contributed by atoms with E-state index in [2.05, 4.69) is 49.1 Å². The van der Waals surface area contributed by atoms with E-state index in [1.807, 2.05) is 13.0 Å². The Hall–Kier alpha value is -2.58. The normalized spacial score (nSPS) is 22.5. The van der Waals surface area contributed by atoms with E-state index in [1.165, 1.54) is 24.8 Å². The van der Waals surface area contributed by atoms with E-state index < -0.39 is 0 Å². The maximum absolute atomic E-state index is 12.2. The van der Waals surface area contributed by atoms with Gasteiger partial charge in [-0.15, -0.1) is 0 Å². The number of likely N-dealkylation sites (tertiary alicyclic amines) is 1. The Kier molecular flexibility index (Phi) is 8.68. The number of fused-ring (bicyclic) bond motifs is 1. The fourth-order valence-electron chi connectivity index (χ4n) is 5.99. The predicted octanol–water partition coefficient (Wildman–Crippen LogP) is 6.79. The van der Waals surface area contributed by atoms with Crippen molar-refractivity contribution >= 4 is 16.7 Å². The zero-order valence-corrected chi connectivity index (χ0v) is 21.6. The van der Waals surface area contributed by atoms with Gasteiger partial charge in [0.1, 0.15) is 17.4 Å². The maximum Gasteiger partial charge on any atom is 0.309 e. The van der Waals surface area contributed by atoms with Gasteiger partial charge in [-0.3, -0.25) is 9.69 Å². The Morgan fingerprint density at radius 2 is 1.77 bits per heavy atom. The molecule has 1 aliphatic heterocycles. The lowest BCUT2D eigenvalue weighted by molar-refractivity contribution is -0.149. The second kappa shape index (κ2) is 11.9. The summed E-state index contributed by atoms with van der Waals surface area (Å²) in [6.07, 6.45) is 8.67. The summed E-state index contributed by atoms with van der Waals surface area (Å²) in [7, 11) is 0. The lowest BCUT2D eigenvalue weighted by Crippen LogP contribution is -2.39. The fraction of sp³-hybridized carbons (Fsp3) is 0.600. The van der Waals surface area contributed by atoms with Crippen LogP contribution < -0.4 is 4.74 Å². The van der Waals surface area contributed by atoms with Gasteiger partial charge < -0.3 is 9.47 Å². The smallest absolute Gasteiger partial charge is 0.309 e. The van der Waals surface area contributed by atoms with Crippen LogP contribution in [0.15, 0.2) is 30.3 Å². The molecule has 2 aromatic rings. The Labute approximate surface area is 210 Å². The first-order valence-corrected chi connectivity index (χ1v) is 13.6. The summed E-state index contributed by atoms with van der Waals surface area (Å²) in [6, 6.07) is 13.3. The highest BCUT2D eigenvalue weighted by atomic mass is 16.5. The summed E-state index contributed by atoms with van der Waals surface area (Å²) in [5, 5.41) is 12.2. The van der Waals surface area contributed by atoms with E-state index in [1.54, 1.807) is 0 Å². The van der Waals surface area contributed by atoms with Crippen molar-refractivity contribution in [1.82, 2.24) is 4.90 Å². The van der Waals surface area contributed by atoms with Gasteiger partial charge in [0.25, 0.3) is 0 Å². The molecule has 0 bridgehead atoms. The number of carbonyl (C=O) groups is 1. The molecule has 188 valence electrons. The molecule has 1 atom stereocenters. The van der Waals surface area contributed by atoms with Crippen LogP contribution in [0.5, 0.6) is 5.75 Å². The molecule has 1 unspecified atom stereocenters. The van der Waals surface area contributed by atoms with Crippen LogP contribution in [-0.2, 0) is 9.53 Å². The SMILES string of the molecule is CCOC(=O)C1CCN(C(CC)c2ccc3ccc(OC4CCC(CC)CC4)c(C#N)c3c2)CC1. The third kappa shape index (κ3) is 5.81. The van der Waals surface area contributed by atoms with Gasteiger partial charge in [-0.05, 0) is 94.0 Å². The van der Waals surface area contributed by atoms with Crippen molar-refractivity contribution in [1.29, 1.82) is 5.26 Å². The summed E-state index contributed by atoms with van der Waals surface area (Å²) in [4.78, 5) is 14.6. The van der Waals surface area contributed by atoms with E-state index in [0.29, 0.717) is 12.2 Å². The summed E-state index contributed by atoms with van der Waals surface area (Å²) < 4.78 is 11.6. The van der Waals surface area contributed by atoms with Crippen molar-refractivity contribution < 1.29 is 14.3 Å². The molecule has 1 heterocycles. The van der Waals surface area contributed by atoms with Crippen molar-refractivity contribution in [2.75, 3.05) is 19.7 Å². The van der Waals surface area contributed by atoms with Crippen molar-refractivity contribution in [3.63, 3.8) is 0 Å². The van der Waals surface area contributed by atoms with Crippen LogP contribution >= 0.6 is 0 Å². The van der Waals surface area contributed by atoms with Gasteiger partial charge in [0, 0.05) is 11.4 Å². The molecule has 2 fully saturated rings. The van der Waals surface area contributed by atoms with Gasteiger partial charge in [-0.1, -0.05) is 38.5 Å². The quantitative estimate of drug-likeness (QED) is 0.393. The molecule has 4 rings (SSSR count). The largest absolute Gasteiger partial charge is 0.489 e. The number of benzene rings is 2. The fourth-order valence-corrected chi connectivity index (χ4v) is 5.99. The third-order valence-corrected chi connectivity index (χ3v) is 8.15. The van der Waals surface area contributed by atoms with Crippen molar-refractivity contribution in [2.45, 2.75) is 84.3 Å². The lowest BCUT2D eigenvalue weighted by atomic mass is 9.86. The number of hydrogen-bond acceptors (Lipinski definition) is 5. The molecule has 0 radical (unpaired) electrons. The van der Waals surface area contributed by atoms with Crippen LogP contribution in [-0.4, -0.2) is 36.7 Å². The standard InChI is InChI=1S/C30H40N2O3/c1-4-21-7-12-25(13-8-21)35-29-14-11-22-9-10-24(19-26(22)27(29)20-31)28(5-2)32-17-15-23(16-18-32)30(33)34-6-3/h9-11,14,19,21,23,25,28H,4-8,12-13,15-18H2,1-3H3. The Bertz CT molecular complexity index is 1040. The zero-order valence-electron chi connectivity index (χ0n) is 21.6. The Morgan fingerprint density at radius 3 is 2.40 bits per heavy atom. The van der Waals surface area contributed by atoms with Gasteiger partial charge in [0.05, 0.1) is 18.6 Å². The van der Waals surface area contributed by atoms with Crippen molar-refractivity contribution in [2.24, 2.45) is 11.8 Å². The van der Waals surface area contributed by atoms with Crippen LogP contribution in [0.3, 0.4) is 0 Å². The molecule has 0 aromatic heterocycles. The molecule has 2 aliphatic rings. The lowest BCUT2D eigenvalue weighted by Gasteiger charge is -2.37. The van der Waals surface area contributed by atoms with E-state index in [4.69, 9.17) is 9.47 Å². The molecule has 5 nitrogen and oxygen atoms in total. The predicted molar refractivity (Wildman–Crippen MR) is 139 cm³/mol. The first-order chi connectivity index (χ1) is 17.1. The molecular formula is C30H40N2O3. The first kappa shape index (κ1) is 25.5. The highest BCUT2D eigenvalue weighted by molar-refractivity contribution is 5.90. The second-order valence-corrected chi connectivity index (χ2v) is 10.2. The Morgan fingerprint density at radius 1 is 1.06 bits per heavy atom. The molecule has 5 heteroatoms. The number of nitriles is 1. The van der Waals surface area contributed by atoms with Gasteiger partial charge in [0.15, 0.2) is 0 Å². The van der Waals surface area contributed by atoms with Gasteiger partial charge in [-0.2, -0.15) is 5.26 Å². The highest BCUT2D eigenvalue weighted by Crippen LogP contribution is 2.36. The molecule has 0 amide bonds. The minimum atomic E-state index is -0.0553. The average Bonchev–Trinajstić information content (AvgIpc) is 2.90. The Balaban J connectivity index is 1.52. The zero-order chi connectivity index (χ0) is 24.8. The molecule has 35 heavy (non-hydrogen) atoms. The van der Waals surface area contributed by atoms with Gasteiger partial charge in [0.2, 0.25) is 0 Å². The molecular weight excluding hydrogens is 436 g/mol. The number of rotatable bonds is 8. The number of piperidine rings is 1. The van der Waals surface area contributed by atoms with E-state index in [0.717, 1.165) is 67.6 Å². The minimum absolute atomic E-state index is 0.0117. The number of esters is 1. The number of hydrogen-bond donors (Lipinski definition) is 0. The van der Waals surface area contributed by atoms with Crippen molar-refractivity contribution in [3.8, 4) is 11.8 Å². The summed E-state index contributed by atoms with van der Waals surface area (Å²) >= 11 is 0. The van der Waals surface area contributed by atoms with Crippen molar-refractivity contribution in [3.05, 3.63) is 41.5 Å². The summed E-state index contributed by atoms with van der Waals surface area (Å²) in [6.45, 7) is 8.56. The summed E-state index contributed by atoms with van der Waals surface area (Å²) in [5.41, 5.74) is 1.88. The van der Waals surface area contributed by atoms with E-state index in [9.17, 15) is 10.1 Å². The van der Waals surface area contributed by atoms with Crippen LogP contribution in [0.1, 0.15) is 89.3 Å². The van der Waals surface area contributed by atoms with Crippen LogP contribution in [0.4, 0.5) is 0 Å². The number of nitrogens with zero attached hydrogens (tertiary/aromatic N) is 2. The van der Waals surface area contributed by atoms with Crippen LogP contribution in [0, 0.1) is 23.2 Å². The monoisotopic (exact) mass is 476 g/mol. The topological polar surface area (TPSA) is 62.6 Å².